The molecule has 2 rings (SSSR count). The molecule has 1 fully saturated rings. The number of halogens is 2. The minimum Gasteiger partial charge on any atom is -0.452 e. The summed E-state index contributed by atoms with van der Waals surface area (Å²) in [5.41, 5.74) is 0.402. The summed E-state index contributed by atoms with van der Waals surface area (Å²) in [6.07, 6.45) is 5.29. The van der Waals surface area contributed by atoms with Gasteiger partial charge in [-0.2, -0.15) is 0 Å². The lowest BCUT2D eigenvalue weighted by Crippen LogP contribution is -2.43. The Labute approximate surface area is 120 Å². The second-order valence-electron chi connectivity index (χ2n) is 5.50. The molecule has 0 bridgehead atoms. The molecule has 0 spiro atoms. The van der Waals surface area contributed by atoms with Crippen molar-refractivity contribution in [3.8, 4) is 0 Å². The molecule has 1 aliphatic carbocycles. The van der Waals surface area contributed by atoms with Crippen LogP contribution in [0.25, 0.3) is 0 Å². The molecule has 0 radical (unpaired) electrons. The van der Waals surface area contributed by atoms with Crippen molar-refractivity contribution in [2.75, 3.05) is 0 Å². The number of hydrogen-bond acceptors (Lipinski definition) is 2. The van der Waals surface area contributed by atoms with E-state index in [1.807, 2.05) is 6.07 Å². The Morgan fingerprint density at radius 2 is 2.18 bits per heavy atom. The Hall–Kier alpha value is 0.200. The average molecular weight is 365 g/mol. The zero-order valence-electron chi connectivity index (χ0n) is 10.4. The molecule has 1 unspecified atom stereocenters. The van der Waals surface area contributed by atoms with Crippen LogP contribution in [-0.4, -0.2) is 6.04 Å². The summed E-state index contributed by atoms with van der Waals surface area (Å²) in [6, 6.07) is 2.62. The fourth-order valence-electron chi connectivity index (χ4n) is 2.57. The van der Waals surface area contributed by atoms with Crippen LogP contribution in [0.5, 0.6) is 0 Å². The van der Waals surface area contributed by atoms with Crippen LogP contribution in [0.4, 0.5) is 0 Å². The lowest BCUT2D eigenvalue weighted by molar-refractivity contribution is 0.164. The highest BCUT2D eigenvalue weighted by atomic mass is 79.9. The molecule has 1 aromatic heterocycles. The van der Waals surface area contributed by atoms with Crippen molar-refractivity contribution >= 4 is 31.9 Å². The van der Waals surface area contributed by atoms with Gasteiger partial charge < -0.3 is 9.73 Å². The van der Waals surface area contributed by atoms with Crippen LogP contribution in [0.2, 0.25) is 0 Å². The summed E-state index contributed by atoms with van der Waals surface area (Å²) in [5, 5.41) is 3.63. The van der Waals surface area contributed by atoms with Gasteiger partial charge in [0.15, 0.2) is 4.67 Å². The van der Waals surface area contributed by atoms with Gasteiger partial charge in [-0.05, 0) is 56.2 Å². The highest BCUT2D eigenvalue weighted by molar-refractivity contribution is 9.13. The van der Waals surface area contributed by atoms with E-state index < -0.39 is 0 Å². The zero-order chi connectivity index (χ0) is 12.5. The van der Waals surface area contributed by atoms with Gasteiger partial charge in [0.25, 0.3) is 0 Å². The Kier molecular flexibility index (Phi) is 4.37. The van der Waals surface area contributed by atoms with Gasteiger partial charge in [0.2, 0.25) is 0 Å². The summed E-state index contributed by atoms with van der Waals surface area (Å²) in [6.45, 7) is 5.52. The van der Waals surface area contributed by atoms with Crippen molar-refractivity contribution in [1.82, 2.24) is 5.32 Å². The molecule has 0 aromatic carbocycles. The van der Waals surface area contributed by atoms with Crippen molar-refractivity contribution in [3.63, 3.8) is 0 Å². The van der Waals surface area contributed by atoms with Gasteiger partial charge >= 0.3 is 0 Å². The number of furan rings is 1. The summed E-state index contributed by atoms with van der Waals surface area (Å²) in [5.74, 6) is 0.977. The molecule has 1 aliphatic rings. The van der Waals surface area contributed by atoms with Crippen molar-refractivity contribution < 1.29 is 4.42 Å². The van der Waals surface area contributed by atoms with Crippen LogP contribution in [0, 0.1) is 5.41 Å². The standard InChI is InChI=1S/C13H19Br2NO/c1-13(2)6-4-3-5-11(13)16-8-9-7-10(14)12(15)17-9/h7,11,16H,3-6,8H2,1-2H3. The first-order valence-corrected chi connectivity index (χ1v) is 7.75. The predicted molar refractivity (Wildman–Crippen MR) is 77.0 cm³/mol. The highest BCUT2D eigenvalue weighted by Crippen LogP contribution is 2.35. The maximum absolute atomic E-state index is 5.58. The van der Waals surface area contributed by atoms with E-state index in [9.17, 15) is 0 Å². The van der Waals surface area contributed by atoms with E-state index in [2.05, 4.69) is 51.0 Å². The molecule has 0 amide bonds. The molecule has 2 nitrogen and oxygen atoms in total. The quantitative estimate of drug-likeness (QED) is 0.828. The fraction of sp³-hybridized carbons (Fsp3) is 0.692. The molecule has 17 heavy (non-hydrogen) atoms. The van der Waals surface area contributed by atoms with Crippen molar-refractivity contribution in [2.24, 2.45) is 5.41 Å². The van der Waals surface area contributed by atoms with Crippen LogP contribution in [-0.2, 0) is 6.54 Å². The number of rotatable bonds is 3. The third kappa shape index (κ3) is 3.36. The fourth-order valence-corrected chi connectivity index (χ4v) is 3.23. The third-order valence-corrected chi connectivity index (χ3v) is 5.44. The van der Waals surface area contributed by atoms with Gasteiger partial charge in [0.1, 0.15) is 5.76 Å². The normalized spacial score (nSPS) is 23.9. The van der Waals surface area contributed by atoms with E-state index in [-0.39, 0.29) is 0 Å². The van der Waals surface area contributed by atoms with Crippen LogP contribution in [0.15, 0.2) is 19.6 Å². The van der Waals surface area contributed by atoms with E-state index in [1.165, 1.54) is 25.7 Å². The van der Waals surface area contributed by atoms with Crippen LogP contribution in [0.3, 0.4) is 0 Å². The van der Waals surface area contributed by atoms with Gasteiger partial charge in [0, 0.05) is 6.04 Å². The zero-order valence-corrected chi connectivity index (χ0v) is 13.5. The van der Waals surface area contributed by atoms with Crippen LogP contribution in [0.1, 0.15) is 45.3 Å². The van der Waals surface area contributed by atoms with Gasteiger partial charge in [-0.1, -0.05) is 26.7 Å². The number of nitrogens with one attached hydrogen (secondary N) is 1. The Morgan fingerprint density at radius 1 is 1.41 bits per heavy atom. The molecule has 0 saturated heterocycles. The summed E-state index contributed by atoms with van der Waals surface area (Å²) < 4.78 is 7.34. The van der Waals surface area contributed by atoms with E-state index >= 15 is 0 Å². The van der Waals surface area contributed by atoms with E-state index in [0.717, 1.165) is 21.4 Å². The van der Waals surface area contributed by atoms with Crippen molar-refractivity contribution in [3.05, 3.63) is 21.0 Å². The molecule has 1 heterocycles. The summed E-state index contributed by atoms with van der Waals surface area (Å²) in [4.78, 5) is 0. The molecule has 1 aromatic rings. The second-order valence-corrected chi connectivity index (χ2v) is 7.08. The van der Waals surface area contributed by atoms with E-state index in [1.54, 1.807) is 0 Å². The molecule has 1 saturated carbocycles. The SMILES string of the molecule is CC1(C)CCCCC1NCc1cc(Br)c(Br)o1. The predicted octanol–water partition coefficient (Wildman–Crippen LogP) is 4.86. The Morgan fingerprint density at radius 3 is 2.76 bits per heavy atom. The largest absolute Gasteiger partial charge is 0.452 e. The number of hydrogen-bond donors (Lipinski definition) is 1. The second kappa shape index (κ2) is 5.45. The first-order chi connectivity index (χ1) is 7.99. The van der Waals surface area contributed by atoms with Crippen molar-refractivity contribution in [2.45, 2.75) is 52.1 Å². The smallest absolute Gasteiger partial charge is 0.183 e. The minimum absolute atomic E-state index is 0.402. The molecular weight excluding hydrogens is 346 g/mol. The summed E-state index contributed by atoms with van der Waals surface area (Å²) >= 11 is 6.80. The minimum atomic E-state index is 0.402. The maximum Gasteiger partial charge on any atom is 0.183 e. The lowest BCUT2D eigenvalue weighted by Gasteiger charge is -2.39. The molecule has 1 atom stereocenters. The Bertz CT molecular complexity index is 367. The Balaban J connectivity index is 1.93. The first kappa shape index (κ1) is 13.6. The molecule has 96 valence electrons. The maximum atomic E-state index is 5.58. The van der Waals surface area contributed by atoms with Gasteiger partial charge in [-0.15, -0.1) is 0 Å². The third-order valence-electron chi connectivity index (χ3n) is 3.73. The first-order valence-electron chi connectivity index (χ1n) is 6.16. The van der Waals surface area contributed by atoms with Crippen molar-refractivity contribution in [1.29, 1.82) is 0 Å². The summed E-state index contributed by atoms with van der Waals surface area (Å²) in [7, 11) is 0. The van der Waals surface area contributed by atoms with Crippen LogP contribution >= 0.6 is 31.9 Å². The van der Waals surface area contributed by atoms with Crippen LogP contribution < -0.4 is 5.32 Å². The van der Waals surface area contributed by atoms with Gasteiger partial charge in [-0.3, -0.25) is 0 Å². The lowest BCUT2D eigenvalue weighted by atomic mass is 9.73. The molecule has 1 N–H and O–H groups in total. The highest BCUT2D eigenvalue weighted by Gasteiger charge is 2.31. The molecule has 4 heteroatoms. The van der Waals surface area contributed by atoms with E-state index in [4.69, 9.17) is 4.42 Å². The van der Waals surface area contributed by atoms with E-state index in [0.29, 0.717) is 11.5 Å². The topological polar surface area (TPSA) is 25.2 Å². The monoisotopic (exact) mass is 363 g/mol. The molecular formula is C13H19Br2NO. The van der Waals surface area contributed by atoms with Gasteiger partial charge in [0.05, 0.1) is 11.0 Å². The van der Waals surface area contributed by atoms with Gasteiger partial charge in [-0.25, -0.2) is 0 Å². The molecule has 0 aliphatic heterocycles. The average Bonchev–Trinajstić information content (AvgIpc) is 2.56.